The summed E-state index contributed by atoms with van der Waals surface area (Å²) >= 11 is 0. The Bertz CT molecular complexity index is 195. The Hall–Kier alpha value is -0.263. The first-order valence-corrected chi connectivity index (χ1v) is 9.16. The summed E-state index contributed by atoms with van der Waals surface area (Å²) in [4.78, 5) is 0. The number of hydrogen-bond acceptors (Lipinski definition) is 1. The molecule has 0 radical (unpaired) electrons. The van der Waals surface area contributed by atoms with Crippen LogP contribution in [-0.4, -0.2) is 19.3 Å². The van der Waals surface area contributed by atoms with Crippen LogP contribution in [0.1, 0.15) is 39.0 Å². The van der Waals surface area contributed by atoms with Gasteiger partial charge in [-0.05, 0) is 12.8 Å². The van der Waals surface area contributed by atoms with Gasteiger partial charge in [0.05, 0.1) is 0 Å². The standard InChI is InChI=1S/C12H24OSi/c1-5-6-7-8-9-12(13)10-11-14(2,3)4/h12-13H,5-9H2,1-4H3/t12-/m0/s1. The molecule has 82 valence electrons. The van der Waals surface area contributed by atoms with Crippen molar-refractivity contribution in [3.63, 3.8) is 0 Å². The minimum absolute atomic E-state index is 0.390. The van der Waals surface area contributed by atoms with Crippen molar-refractivity contribution in [1.29, 1.82) is 0 Å². The van der Waals surface area contributed by atoms with E-state index in [0.717, 1.165) is 12.8 Å². The van der Waals surface area contributed by atoms with Crippen molar-refractivity contribution in [3.05, 3.63) is 0 Å². The molecule has 0 aliphatic rings. The molecule has 1 N–H and O–H groups in total. The van der Waals surface area contributed by atoms with Gasteiger partial charge >= 0.3 is 0 Å². The maximum atomic E-state index is 9.56. The largest absolute Gasteiger partial charge is 0.380 e. The van der Waals surface area contributed by atoms with E-state index in [0.29, 0.717) is 0 Å². The molecule has 0 rings (SSSR count). The molecule has 14 heavy (non-hydrogen) atoms. The summed E-state index contributed by atoms with van der Waals surface area (Å²) in [6, 6.07) is 0. The summed E-state index contributed by atoms with van der Waals surface area (Å²) < 4.78 is 0. The number of aliphatic hydroxyl groups excluding tert-OH is 1. The van der Waals surface area contributed by atoms with E-state index in [1.165, 1.54) is 19.3 Å². The van der Waals surface area contributed by atoms with Crippen LogP contribution in [0.2, 0.25) is 19.6 Å². The van der Waals surface area contributed by atoms with Crippen molar-refractivity contribution in [2.75, 3.05) is 0 Å². The highest BCUT2D eigenvalue weighted by Crippen LogP contribution is 2.05. The maximum absolute atomic E-state index is 9.56. The van der Waals surface area contributed by atoms with Crippen molar-refractivity contribution in [2.24, 2.45) is 0 Å². The predicted molar refractivity (Wildman–Crippen MR) is 65.9 cm³/mol. The van der Waals surface area contributed by atoms with Crippen LogP contribution in [0.15, 0.2) is 0 Å². The first kappa shape index (κ1) is 13.7. The van der Waals surface area contributed by atoms with Crippen LogP contribution in [0, 0.1) is 11.5 Å². The maximum Gasteiger partial charge on any atom is 0.129 e. The van der Waals surface area contributed by atoms with E-state index in [1.807, 2.05) is 0 Å². The van der Waals surface area contributed by atoms with Gasteiger partial charge in [-0.15, -0.1) is 5.54 Å². The molecule has 1 nitrogen and oxygen atoms in total. The fraction of sp³-hybridized carbons (Fsp3) is 0.833. The van der Waals surface area contributed by atoms with Crippen molar-refractivity contribution < 1.29 is 5.11 Å². The van der Waals surface area contributed by atoms with Gasteiger partial charge in [-0.3, -0.25) is 0 Å². The van der Waals surface area contributed by atoms with Crippen LogP contribution in [0.4, 0.5) is 0 Å². The van der Waals surface area contributed by atoms with Crippen molar-refractivity contribution in [1.82, 2.24) is 0 Å². The Kier molecular flexibility index (Phi) is 6.95. The molecule has 0 amide bonds. The van der Waals surface area contributed by atoms with E-state index in [-0.39, 0.29) is 0 Å². The third-order valence-electron chi connectivity index (χ3n) is 1.94. The molecule has 1 atom stereocenters. The molecule has 0 aromatic rings. The zero-order chi connectivity index (χ0) is 11.0. The van der Waals surface area contributed by atoms with Gasteiger partial charge in [0.2, 0.25) is 0 Å². The molecule has 0 bridgehead atoms. The number of rotatable bonds is 5. The summed E-state index contributed by atoms with van der Waals surface area (Å²) in [5.74, 6) is 2.97. The van der Waals surface area contributed by atoms with E-state index in [9.17, 15) is 5.11 Å². The molecule has 0 aromatic heterocycles. The van der Waals surface area contributed by atoms with Gasteiger partial charge in [0, 0.05) is 0 Å². The lowest BCUT2D eigenvalue weighted by molar-refractivity contribution is 0.217. The molecule has 0 aromatic carbocycles. The number of unbranched alkanes of at least 4 members (excludes halogenated alkanes) is 3. The molecule has 0 spiro atoms. The monoisotopic (exact) mass is 212 g/mol. The molecule has 0 saturated carbocycles. The smallest absolute Gasteiger partial charge is 0.129 e. The lowest BCUT2D eigenvalue weighted by Gasteiger charge is -2.06. The second-order valence-corrected chi connectivity index (χ2v) is 9.63. The average Bonchev–Trinajstić information content (AvgIpc) is 2.08. The Morgan fingerprint density at radius 3 is 2.29 bits per heavy atom. The molecule has 0 saturated heterocycles. The third kappa shape index (κ3) is 9.82. The molecular weight excluding hydrogens is 188 g/mol. The van der Waals surface area contributed by atoms with Gasteiger partial charge < -0.3 is 5.11 Å². The lowest BCUT2D eigenvalue weighted by atomic mass is 10.1. The van der Waals surface area contributed by atoms with Crippen LogP contribution < -0.4 is 0 Å². The fourth-order valence-corrected chi connectivity index (χ4v) is 1.74. The molecule has 0 heterocycles. The molecule has 0 aliphatic heterocycles. The Labute approximate surface area is 89.9 Å². The summed E-state index contributed by atoms with van der Waals surface area (Å²) in [5, 5.41) is 9.56. The topological polar surface area (TPSA) is 20.2 Å². The van der Waals surface area contributed by atoms with Crippen LogP contribution in [0.25, 0.3) is 0 Å². The SMILES string of the molecule is CCCCCC[C@H](O)C#C[Si](C)(C)C. The minimum atomic E-state index is -1.30. The quantitative estimate of drug-likeness (QED) is 0.421. The third-order valence-corrected chi connectivity index (χ3v) is 2.84. The number of aliphatic hydroxyl groups is 1. The van der Waals surface area contributed by atoms with E-state index in [1.54, 1.807) is 0 Å². The second-order valence-electron chi connectivity index (χ2n) is 4.88. The molecule has 2 heteroatoms. The van der Waals surface area contributed by atoms with Gasteiger partial charge in [-0.2, -0.15) is 0 Å². The van der Waals surface area contributed by atoms with E-state index >= 15 is 0 Å². The average molecular weight is 212 g/mol. The van der Waals surface area contributed by atoms with Crippen LogP contribution in [-0.2, 0) is 0 Å². The van der Waals surface area contributed by atoms with Crippen molar-refractivity contribution in [3.8, 4) is 11.5 Å². The first-order valence-electron chi connectivity index (χ1n) is 5.66. The van der Waals surface area contributed by atoms with Crippen LogP contribution >= 0.6 is 0 Å². The zero-order valence-corrected chi connectivity index (χ0v) is 11.1. The van der Waals surface area contributed by atoms with Crippen LogP contribution in [0.3, 0.4) is 0 Å². The summed E-state index contributed by atoms with van der Waals surface area (Å²) in [7, 11) is -1.30. The molecule has 0 aliphatic carbocycles. The van der Waals surface area contributed by atoms with E-state index in [4.69, 9.17) is 0 Å². The molecular formula is C12H24OSi. The predicted octanol–water partition coefficient (Wildman–Crippen LogP) is 3.20. The fourth-order valence-electron chi connectivity index (χ4n) is 1.14. The summed E-state index contributed by atoms with van der Waals surface area (Å²) in [5.41, 5.74) is 3.20. The highest BCUT2D eigenvalue weighted by molar-refractivity contribution is 6.83. The molecule has 0 unspecified atom stereocenters. The summed E-state index contributed by atoms with van der Waals surface area (Å²) in [6.07, 6.45) is 5.30. The van der Waals surface area contributed by atoms with Crippen molar-refractivity contribution >= 4 is 8.07 Å². The van der Waals surface area contributed by atoms with Gasteiger partial charge in [0.1, 0.15) is 14.2 Å². The van der Waals surface area contributed by atoms with Gasteiger partial charge in [0.25, 0.3) is 0 Å². The lowest BCUT2D eigenvalue weighted by Crippen LogP contribution is -2.17. The Balaban J connectivity index is 3.63. The van der Waals surface area contributed by atoms with Crippen molar-refractivity contribution in [2.45, 2.75) is 64.8 Å². The van der Waals surface area contributed by atoms with Gasteiger partial charge in [-0.1, -0.05) is 51.7 Å². The Morgan fingerprint density at radius 2 is 1.79 bits per heavy atom. The molecule has 0 fully saturated rings. The van der Waals surface area contributed by atoms with E-state index in [2.05, 4.69) is 38.0 Å². The van der Waals surface area contributed by atoms with Gasteiger partial charge in [0.15, 0.2) is 0 Å². The van der Waals surface area contributed by atoms with Gasteiger partial charge in [-0.25, -0.2) is 0 Å². The minimum Gasteiger partial charge on any atom is -0.380 e. The van der Waals surface area contributed by atoms with Crippen LogP contribution in [0.5, 0.6) is 0 Å². The Morgan fingerprint density at radius 1 is 1.14 bits per heavy atom. The zero-order valence-electron chi connectivity index (χ0n) is 10.1. The number of hydrogen-bond donors (Lipinski definition) is 1. The second kappa shape index (κ2) is 7.08. The highest BCUT2D eigenvalue weighted by Gasteiger charge is 2.08. The normalized spacial score (nSPS) is 13.2. The first-order chi connectivity index (χ1) is 6.45. The van der Waals surface area contributed by atoms with E-state index < -0.39 is 14.2 Å². The summed E-state index contributed by atoms with van der Waals surface area (Å²) in [6.45, 7) is 8.79. The highest BCUT2D eigenvalue weighted by atomic mass is 28.3.